The number of hydrogen-bond acceptors (Lipinski definition) is 2. The third-order valence-electron chi connectivity index (χ3n) is 2.90. The number of hydrogen-bond donors (Lipinski definition) is 1. The van der Waals surface area contributed by atoms with Gasteiger partial charge in [-0.05, 0) is 17.6 Å². The van der Waals surface area contributed by atoms with Crippen molar-refractivity contribution in [2.24, 2.45) is 5.92 Å². The van der Waals surface area contributed by atoms with Crippen LogP contribution in [0.4, 0.5) is 0 Å². The maximum Gasteiger partial charge on any atom is 0.0862 e. The standard InChI is InChI=1S/C11H14O2/c1-3-4-8-5-10-9(6-13-10)11(12)7(8)2/h3-4,9-12H,1-2,5-6H2/b8-4-/t9-,10+,11+/m0/s1. The molecule has 1 aliphatic heterocycles. The second-order valence-electron chi connectivity index (χ2n) is 3.64. The first-order valence-corrected chi connectivity index (χ1v) is 4.54. The Labute approximate surface area is 78.2 Å². The van der Waals surface area contributed by atoms with Crippen LogP contribution in [-0.2, 0) is 4.74 Å². The first kappa shape index (κ1) is 8.73. The van der Waals surface area contributed by atoms with E-state index in [4.69, 9.17) is 4.74 Å². The van der Waals surface area contributed by atoms with Crippen molar-refractivity contribution in [3.63, 3.8) is 0 Å². The van der Waals surface area contributed by atoms with Crippen LogP contribution in [-0.4, -0.2) is 23.9 Å². The summed E-state index contributed by atoms with van der Waals surface area (Å²) in [5.41, 5.74) is 1.91. The van der Waals surface area contributed by atoms with E-state index in [1.54, 1.807) is 6.08 Å². The van der Waals surface area contributed by atoms with Gasteiger partial charge in [0.2, 0.25) is 0 Å². The zero-order valence-electron chi connectivity index (χ0n) is 7.57. The Bertz CT molecular complexity index is 278. The van der Waals surface area contributed by atoms with Crippen molar-refractivity contribution in [2.75, 3.05) is 6.61 Å². The van der Waals surface area contributed by atoms with Crippen molar-refractivity contribution >= 4 is 0 Å². The summed E-state index contributed by atoms with van der Waals surface area (Å²) in [6, 6.07) is 0. The minimum absolute atomic E-state index is 0.201. The van der Waals surface area contributed by atoms with E-state index >= 15 is 0 Å². The van der Waals surface area contributed by atoms with Gasteiger partial charge in [-0.15, -0.1) is 0 Å². The fourth-order valence-corrected chi connectivity index (χ4v) is 1.96. The Morgan fingerprint density at radius 1 is 1.54 bits per heavy atom. The molecule has 2 rings (SSSR count). The summed E-state index contributed by atoms with van der Waals surface area (Å²) in [4.78, 5) is 0. The first-order valence-electron chi connectivity index (χ1n) is 4.54. The number of aliphatic hydroxyl groups excluding tert-OH is 1. The lowest BCUT2D eigenvalue weighted by atomic mass is 9.75. The fraction of sp³-hybridized carbons (Fsp3) is 0.455. The van der Waals surface area contributed by atoms with Gasteiger partial charge in [-0.2, -0.15) is 0 Å². The molecule has 0 aromatic carbocycles. The highest BCUT2D eigenvalue weighted by Crippen LogP contribution is 2.39. The zero-order valence-corrected chi connectivity index (χ0v) is 7.57. The molecule has 0 amide bonds. The fourth-order valence-electron chi connectivity index (χ4n) is 1.96. The summed E-state index contributed by atoms with van der Waals surface area (Å²) >= 11 is 0. The average Bonchev–Trinajstić information content (AvgIpc) is 2.06. The van der Waals surface area contributed by atoms with Crippen molar-refractivity contribution in [3.8, 4) is 0 Å². The van der Waals surface area contributed by atoms with Gasteiger partial charge in [0.25, 0.3) is 0 Å². The Balaban J connectivity index is 2.20. The van der Waals surface area contributed by atoms with Crippen molar-refractivity contribution in [1.29, 1.82) is 0 Å². The zero-order chi connectivity index (χ0) is 9.42. The second-order valence-corrected chi connectivity index (χ2v) is 3.64. The molecule has 2 fully saturated rings. The van der Waals surface area contributed by atoms with E-state index in [-0.39, 0.29) is 12.0 Å². The van der Waals surface area contributed by atoms with E-state index in [9.17, 15) is 5.11 Å². The average molecular weight is 178 g/mol. The third kappa shape index (κ3) is 1.26. The normalized spacial score (nSPS) is 41.2. The molecule has 0 unspecified atom stereocenters. The van der Waals surface area contributed by atoms with Crippen molar-refractivity contribution in [2.45, 2.75) is 18.6 Å². The predicted octanol–water partition coefficient (Wildman–Crippen LogP) is 1.43. The topological polar surface area (TPSA) is 29.5 Å². The van der Waals surface area contributed by atoms with E-state index in [1.807, 2.05) is 6.08 Å². The molecule has 1 saturated carbocycles. The van der Waals surface area contributed by atoms with Gasteiger partial charge in [-0.25, -0.2) is 0 Å². The smallest absolute Gasteiger partial charge is 0.0862 e. The summed E-state index contributed by atoms with van der Waals surface area (Å²) in [6.45, 7) is 8.20. The summed E-state index contributed by atoms with van der Waals surface area (Å²) in [5.74, 6) is 0.273. The van der Waals surface area contributed by atoms with E-state index in [1.165, 1.54) is 0 Å². The van der Waals surface area contributed by atoms with Crippen molar-refractivity contribution in [1.82, 2.24) is 0 Å². The van der Waals surface area contributed by atoms with Gasteiger partial charge in [-0.1, -0.05) is 25.3 Å². The number of rotatable bonds is 1. The van der Waals surface area contributed by atoms with Crippen molar-refractivity contribution < 1.29 is 9.84 Å². The molecule has 0 aromatic heterocycles. The number of ether oxygens (including phenoxy) is 1. The summed E-state index contributed by atoms with van der Waals surface area (Å²) < 4.78 is 5.35. The van der Waals surface area contributed by atoms with Gasteiger partial charge < -0.3 is 9.84 Å². The number of fused-ring (bicyclic) bond motifs is 1. The molecule has 1 saturated heterocycles. The Morgan fingerprint density at radius 2 is 2.31 bits per heavy atom. The Kier molecular flexibility index (Phi) is 2.10. The Hall–Kier alpha value is -0.860. The van der Waals surface area contributed by atoms with Gasteiger partial charge in [0.05, 0.1) is 18.8 Å². The predicted molar refractivity (Wildman–Crippen MR) is 51.3 cm³/mol. The minimum Gasteiger partial charge on any atom is -0.388 e. The van der Waals surface area contributed by atoms with E-state index in [2.05, 4.69) is 13.2 Å². The van der Waals surface area contributed by atoms with E-state index in [0.717, 1.165) is 17.6 Å². The van der Waals surface area contributed by atoms with Crippen LogP contribution >= 0.6 is 0 Å². The maximum atomic E-state index is 9.81. The van der Waals surface area contributed by atoms with Crippen LogP contribution in [0.2, 0.25) is 0 Å². The molecule has 0 bridgehead atoms. The monoisotopic (exact) mass is 178 g/mol. The molecule has 2 heteroatoms. The quantitative estimate of drug-likeness (QED) is 0.658. The van der Waals surface area contributed by atoms with Gasteiger partial charge in [0.15, 0.2) is 0 Å². The molecule has 2 aliphatic rings. The second kappa shape index (κ2) is 3.13. The third-order valence-corrected chi connectivity index (χ3v) is 2.90. The molecule has 2 nitrogen and oxygen atoms in total. The van der Waals surface area contributed by atoms with Crippen LogP contribution in [0.3, 0.4) is 0 Å². The van der Waals surface area contributed by atoms with E-state index in [0.29, 0.717) is 6.61 Å². The lowest BCUT2D eigenvalue weighted by molar-refractivity contribution is -0.155. The van der Waals surface area contributed by atoms with Gasteiger partial charge in [0.1, 0.15) is 0 Å². The molecular weight excluding hydrogens is 164 g/mol. The molecule has 3 atom stereocenters. The molecule has 1 aliphatic carbocycles. The highest BCUT2D eigenvalue weighted by atomic mass is 16.5. The van der Waals surface area contributed by atoms with Crippen LogP contribution in [0.5, 0.6) is 0 Å². The molecule has 0 spiro atoms. The van der Waals surface area contributed by atoms with E-state index < -0.39 is 6.10 Å². The first-order chi connectivity index (χ1) is 6.24. The molecule has 0 radical (unpaired) electrons. The van der Waals surface area contributed by atoms with Gasteiger partial charge in [-0.3, -0.25) is 0 Å². The van der Waals surface area contributed by atoms with Crippen LogP contribution < -0.4 is 0 Å². The maximum absolute atomic E-state index is 9.81. The number of aliphatic hydroxyl groups is 1. The summed E-state index contributed by atoms with van der Waals surface area (Å²) in [6.07, 6.45) is 4.29. The lowest BCUT2D eigenvalue weighted by Gasteiger charge is -2.45. The van der Waals surface area contributed by atoms with Crippen LogP contribution in [0, 0.1) is 5.92 Å². The summed E-state index contributed by atoms with van der Waals surface area (Å²) in [5, 5.41) is 9.81. The van der Waals surface area contributed by atoms with Crippen LogP contribution in [0.15, 0.2) is 36.5 Å². The molecule has 1 heterocycles. The molecule has 1 N–H and O–H groups in total. The molecule has 0 aromatic rings. The summed E-state index contributed by atoms with van der Waals surface area (Å²) in [7, 11) is 0. The highest BCUT2D eigenvalue weighted by Gasteiger charge is 2.43. The number of allylic oxidation sites excluding steroid dienone is 2. The van der Waals surface area contributed by atoms with Gasteiger partial charge in [0, 0.05) is 5.92 Å². The highest BCUT2D eigenvalue weighted by molar-refractivity contribution is 5.38. The SMILES string of the molecule is C=C/C=C1/C[C@H]2OC[C@@H]2[C@H](O)C1=C. The minimum atomic E-state index is -0.418. The lowest BCUT2D eigenvalue weighted by Crippen LogP contribution is -2.51. The molecular formula is C11H14O2. The van der Waals surface area contributed by atoms with Crippen LogP contribution in [0.25, 0.3) is 0 Å². The Morgan fingerprint density at radius 3 is 2.85 bits per heavy atom. The van der Waals surface area contributed by atoms with Crippen molar-refractivity contribution in [3.05, 3.63) is 36.5 Å². The molecule has 13 heavy (non-hydrogen) atoms. The van der Waals surface area contributed by atoms with Gasteiger partial charge >= 0.3 is 0 Å². The largest absolute Gasteiger partial charge is 0.388 e. The molecule has 70 valence electrons. The van der Waals surface area contributed by atoms with Crippen LogP contribution in [0.1, 0.15) is 6.42 Å².